The molecule has 2 nitrogen and oxygen atoms in total. The van der Waals surface area contributed by atoms with E-state index >= 15 is 0 Å². The van der Waals surface area contributed by atoms with E-state index in [9.17, 15) is 0 Å². The Labute approximate surface area is 91.5 Å². The Kier molecular flexibility index (Phi) is 4.17. The van der Waals surface area contributed by atoms with Crippen molar-refractivity contribution in [2.75, 3.05) is 7.11 Å². The van der Waals surface area contributed by atoms with Gasteiger partial charge in [-0.25, -0.2) is 0 Å². The molecule has 0 radical (unpaired) electrons. The van der Waals surface area contributed by atoms with Crippen molar-refractivity contribution in [3.8, 4) is 11.8 Å². The molecule has 0 bridgehead atoms. The first-order valence-corrected chi connectivity index (χ1v) is 5.24. The van der Waals surface area contributed by atoms with Crippen molar-refractivity contribution in [1.82, 2.24) is 0 Å². The van der Waals surface area contributed by atoms with E-state index in [1.54, 1.807) is 7.11 Å². The van der Waals surface area contributed by atoms with Crippen molar-refractivity contribution in [2.24, 2.45) is 5.92 Å². The molecule has 0 aromatic heterocycles. The maximum atomic E-state index is 8.88. The highest BCUT2D eigenvalue weighted by Gasteiger charge is 2.07. The fraction of sp³-hybridized carbons (Fsp3) is 0.462. The van der Waals surface area contributed by atoms with Gasteiger partial charge in [-0.1, -0.05) is 19.1 Å². The molecule has 1 unspecified atom stereocenters. The minimum Gasteiger partial charge on any atom is -0.496 e. The molecule has 0 spiro atoms. The van der Waals surface area contributed by atoms with Crippen LogP contribution in [0.25, 0.3) is 0 Å². The standard InChI is InChI=1S/C13H17NO/c1-4-11(9-14)8-12-5-6-13(15-3)10(2)7-12/h5-7,11H,4,8H2,1-3H3. The van der Waals surface area contributed by atoms with E-state index in [0.29, 0.717) is 0 Å². The second-order valence-corrected chi connectivity index (χ2v) is 3.74. The van der Waals surface area contributed by atoms with Gasteiger partial charge in [0.25, 0.3) is 0 Å². The van der Waals surface area contributed by atoms with Gasteiger partial charge in [0.05, 0.1) is 19.1 Å². The molecule has 0 heterocycles. The third-order valence-corrected chi connectivity index (χ3v) is 2.62. The summed E-state index contributed by atoms with van der Waals surface area (Å²) < 4.78 is 5.19. The molecule has 80 valence electrons. The van der Waals surface area contributed by atoms with Crippen molar-refractivity contribution < 1.29 is 4.74 Å². The third kappa shape index (κ3) is 2.99. The number of hydrogen-bond acceptors (Lipinski definition) is 2. The van der Waals surface area contributed by atoms with Gasteiger partial charge >= 0.3 is 0 Å². The normalized spacial score (nSPS) is 11.9. The highest BCUT2D eigenvalue weighted by atomic mass is 16.5. The summed E-state index contributed by atoms with van der Waals surface area (Å²) in [7, 11) is 1.67. The quantitative estimate of drug-likeness (QED) is 0.753. The number of aryl methyl sites for hydroxylation is 1. The van der Waals surface area contributed by atoms with Gasteiger partial charge in [-0.15, -0.1) is 0 Å². The monoisotopic (exact) mass is 203 g/mol. The van der Waals surface area contributed by atoms with Crippen molar-refractivity contribution in [1.29, 1.82) is 5.26 Å². The molecule has 1 aromatic carbocycles. The second kappa shape index (κ2) is 5.41. The SMILES string of the molecule is CCC(C#N)Cc1ccc(OC)c(C)c1. The maximum Gasteiger partial charge on any atom is 0.121 e. The number of nitriles is 1. The number of rotatable bonds is 4. The summed E-state index contributed by atoms with van der Waals surface area (Å²) in [6, 6.07) is 8.41. The molecular formula is C13H17NO. The summed E-state index contributed by atoms with van der Waals surface area (Å²) in [6.07, 6.45) is 1.74. The lowest BCUT2D eigenvalue weighted by Crippen LogP contribution is -2.00. The zero-order valence-electron chi connectivity index (χ0n) is 9.58. The van der Waals surface area contributed by atoms with Crippen LogP contribution in [0.3, 0.4) is 0 Å². The highest BCUT2D eigenvalue weighted by Crippen LogP contribution is 2.20. The number of hydrogen-bond donors (Lipinski definition) is 0. The van der Waals surface area contributed by atoms with Crippen LogP contribution in [0.4, 0.5) is 0 Å². The molecule has 0 saturated heterocycles. The van der Waals surface area contributed by atoms with E-state index in [4.69, 9.17) is 10.00 Å². The number of methoxy groups -OCH3 is 1. The molecule has 0 aliphatic carbocycles. The van der Waals surface area contributed by atoms with Crippen molar-refractivity contribution >= 4 is 0 Å². The van der Waals surface area contributed by atoms with Crippen LogP contribution in [0.15, 0.2) is 18.2 Å². The van der Waals surface area contributed by atoms with Crippen LogP contribution in [0.5, 0.6) is 5.75 Å². The zero-order valence-corrected chi connectivity index (χ0v) is 9.58. The summed E-state index contributed by atoms with van der Waals surface area (Å²) in [6.45, 7) is 4.07. The van der Waals surface area contributed by atoms with Gasteiger partial charge in [-0.05, 0) is 37.0 Å². The minimum absolute atomic E-state index is 0.123. The van der Waals surface area contributed by atoms with Crippen molar-refractivity contribution in [3.05, 3.63) is 29.3 Å². The average Bonchev–Trinajstić information content (AvgIpc) is 2.26. The Morgan fingerprint density at radius 2 is 2.20 bits per heavy atom. The van der Waals surface area contributed by atoms with Crippen molar-refractivity contribution in [2.45, 2.75) is 26.7 Å². The molecule has 1 aromatic rings. The van der Waals surface area contributed by atoms with E-state index in [2.05, 4.69) is 12.1 Å². The van der Waals surface area contributed by atoms with E-state index in [1.807, 2.05) is 26.0 Å². The fourth-order valence-corrected chi connectivity index (χ4v) is 1.63. The summed E-state index contributed by atoms with van der Waals surface area (Å²) in [4.78, 5) is 0. The van der Waals surface area contributed by atoms with Crippen LogP contribution in [0.2, 0.25) is 0 Å². The first kappa shape index (κ1) is 11.6. The Bertz CT molecular complexity index is 365. The van der Waals surface area contributed by atoms with Crippen LogP contribution in [0.1, 0.15) is 24.5 Å². The largest absolute Gasteiger partial charge is 0.496 e. The molecule has 0 saturated carbocycles. The molecule has 15 heavy (non-hydrogen) atoms. The van der Waals surface area contributed by atoms with Crippen molar-refractivity contribution in [3.63, 3.8) is 0 Å². The number of benzene rings is 1. The molecular weight excluding hydrogens is 186 g/mol. The molecule has 1 rings (SSSR count). The first-order valence-electron chi connectivity index (χ1n) is 5.24. The topological polar surface area (TPSA) is 33.0 Å². The Hall–Kier alpha value is -1.49. The number of nitrogens with zero attached hydrogens (tertiary/aromatic N) is 1. The van der Waals surface area contributed by atoms with E-state index in [-0.39, 0.29) is 5.92 Å². The van der Waals surface area contributed by atoms with E-state index < -0.39 is 0 Å². The smallest absolute Gasteiger partial charge is 0.121 e. The lowest BCUT2D eigenvalue weighted by atomic mass is 9.97. The van der Waals surface area contributed by atoms with Gasteiger partial charge in [0.2, 0.25) is 0 Å². The molecule has 2 heteroatoms. The van der Waals surface area contributed by atoms with Crippen LogP contribution in [0, 0.1) is 24.2 Å². The van der Waals surface area contributed by atoms with Crippen LogP contribution < -0.4 is 4.74 Å². The number of ether oxygens (including phenoxy) is 1. The summed E-state index contributed by atoms with van der Waals surface area (Å²) in [5, 5.41) is 8.88. The first-order chi connectivity index (χ1) is 7.21. The third-order valence-electron chi connectivity index (χ3n) is 2.62. The maximum absolute atomic E-state index is 8.88. The van der Waals surface area contributed by atoms with E-state index in [1.165, 1.54) is 5.56 Å². The van der Waals surface area contributed by atoms with Gasteiger partial charge < -0.3 is 4.74 Å². The van der Waals surface area contributed by atoms with Crippen LogP contribution >= 0.6 is 0 Å². The summed E-state index contributed by atoms with van der Waals surface area (Å²) in [5.74, 6) is 1.03. The second-order valence-electron chi connectivity index (χ2n) is 3.74. The molecule has 0 amide bonds. The molecule has 0 aliphatic heterocycles. The van der Waals surface area contributed by atoms with Crippen LogP contribution in [-0.2, 0) is 6.42 Å². The predicted molar refractivity (Wildman–Crippen MR) is 60.8 cm³/mol. The summed E-state index contributed by atoms with van der Waals surface area (Å²) >= 11 is 0. The van der Waals surface area contributed by atoms with Gasteiger partial charge in [0.15, 0.2) is 0 Å². The van der Waals surface area contributed by atoms with Crippen LogP contribution in [-0.4, -0.2) is 7.11 Å². The Balaban J connectivity index is 2.80. The average molecular weight is 203 g/mol. The Morgan fingerprint density at radius 1 is 1.47 bits per heavy atom. The summed E-state index contributed by atoms with van der Waals surface area (Å²) in [5.41, 5.74) is 2.34. The highest BCUT2D eigenvalue weighted by molar-refractivity contribution is 5.36. The molecule has 1 atom stereocenters. The molecule has 0 N–H and O–H groups in total. The molecule has 0 fully saturated rings. The van der Waals surface area contributed by atoms with Gasteiger partial charge in [0, 0.05) is 0 Å². The molecule has 0 aliphatic rings. The Morgan fingerprint density at radius 3 is 2.67 bits per heavy atom. The predicted octanol–water partition coefficient (Wildman–Crippen LogP) is 3.10. The minimum atomic E-state index is 0.123. The lowest BCUT2D eigenvalue weighted by Gasteiger charge is -2.09. The van der Waals surface area contributed by atoms with E-state index in [0.717, 1.165) is 24.2 Å². The lowest BCUT2D eigenvalue weighted by molar-refractivity contribution is 0.411. The fourth-order valence-electron chi connectivity index (χ4n) is 1.63. The zero-order chi connectivity index (χ0) is 11.3. The van der Waals surface area contributed by atoms with Gasteiger partial charge in [-0.2, -0.15) is 5.26 Å². The van der Waals surface area contributed by atoms with Gasteiger partial charge in [0.1, 0.15) is 5.75 Å². The van der Waals surface area contributed by atoms with Gasteiger partial charge in [-0.3, -0.25) is 0 Å².